The molecule has 2 N–H and O–H groups in total. The van der Waals surface area contributed by atoms with Crippen molar-refractivity contribution in [2.24, 2.45) is 5.73 Å². The summed E-state index contributed by atoms with van der Waals surface area (Å²) in [4.78, 5) is 0. The summed E-state index contributed by atoms with van der Waals surface area (Å²) in [5, 5.41) is 0. The Morgan fingerprint density at radius 2 is 2.00 bits per heavy atom. The first-order chi connectivity index (χ1) is 8.18. The number of fused-ring (bicyclic) bond motifs is 1. The van der Waals surface area contributed by atoms with Gasteiger partial charge in [0.2, 0.25) is 0 Å². The van der Waals surface area contributed by atoms with Crippen LogP contribution in [0.4, 0.5) is 0 Å². The van der Waals surface area contributed by atoms with Gasteiger partial charge in [-0.3, -0.25) is 0 Å². The van der Waals surface area contributed by atoms with Gasteiger partial charge < -0.3 is 15.2 Å². The second kappa shape index (κ2) is 3.91. The summed E-state index contributed by atoms with van der Waals surface area (Å²) < 4.78 is 11.3. The normalized spacial score (nSPS) is 20.1. The molecule has 3 heteroatoms. The van der Waals surface area contributed by atoms with Gasteiger partial charge in [0, 0.05) is 5.54 Å². The first kappa shape index (κ1) is 10.9. The minimum absolute atomic E-state index is 0.125. The van der Waals surface area contributed by atoms with Crippen molar-refractivity contribution in [2.75, 3.05) is 13.2 Å². The van der Waals surface area contributed by atoms with Crippen molar-refractivity contribution < 1.29 is 9.47 Å². The smallest absolute Gasteiger partial charge is 0.164 e. The van der Waals surface area contributed by atoms with E-state index in [2.05, 4.69) is 13.0 Å². The van der Waals surface area contributed by atoms with Crippen LogP contribution in [0, 0.1) is 6.92 Å². The van der Waals surface area contributed by atoms with E-state index in [1.165, 1.54) is 24.0 Å². The summed E-state index contributed by atoms with van der Waals surface area (Å²) in [6.45, 7) is 3.41. The molecule has 3 nitrogen and oxygen atoms in total. The Hall–Kier alpha value is -1.22. The molecule has 0 radical (unpaired) electrons. The molecule has 0 bridgehead atoms. The van der Waals surface area contributed by atoms with Gasteiger partial charge in [0.15, 0.2) is 11.5 Å². The van der Waals surface area contributed by atoms with Crippen LogP contribution >= 0.6 is 0 Å². The molecule has 1 fully saturated rings. The molecular formula is C14H19NO2. The molecule has 0 atom stereocenters. The molecule has 1 aromatic carbocycles. The van der Waals surface area contributed by atoms with E-state index in [1.807, 2.05) is 6.07 Å². The number of rotatable bonds is 3. The number of hydrogen-bond acceptors (Lipinski definition) is 3. The van der Waals surface area contributed by atoms with Gasteiger partial charge in [-0.25, -0.2) is 0 Å². The van der Waals surface area contributed by atoms with E-state index in [-0.39, 0.29) is 5.54 Å². The van der Waals surface area contributed by atoms with Crippen LogP contribution in [0.5, 0.6) is 11.5 Å². The average molecular weight is 233 g/mol. The van der Waals surface area contributed by atoms with E-state index in [0.717, 1.165) is 24.3 Å². The fraction of sp³-hybridized carbons (Fsp3) is 0.571. The molecule has 0 unspecified atom stereocenters. The Kier molecular flexibility index (Phi) is 2.51. The highest BCUT2D eigenvalue weighted by Crippen LogP contribution is 2.39. The second-order valence-corrected chi connectivity index (χ2v) is 5.24. The summed E-state index contributed by atoms with van der Waals surface area (Å²) in [5.74, 6) is 1.81. The first-order valence-corrected chi connectivity index (χ1v) is 6.35. The quantitative estimate of drug-likeness (QED) is 0.870. The minimum atomic E-state index is 0.125. The van der Waals surface area contributed by atoms with Crippen molar-refractivity contribution in [1.29, 1.82) is 0 Å². The Morgan fingerprint density at radius 1 is 1.24 bits per heavy atom. The van der Waals surface area contributed by atoms with Crippen molar-refractivity contribution in [1.82, 2.24) is 0 Å². The van der Waals surface area contributed by atoms with E-state index in [1.54, 1.807) is 0 Å². The molecule has 17 heavy (non-hydrogen) atoms. The molecule has 1 saturated carbocycles. The zero-order chi connectivity index (χ0) is 11.9. The molecule has 1 aromatic rings. The van der Waals surface area contributed by atoms with Gasteiger partial charge in [0.25, 0.3) is 0 Å². The Morgan fingerprint density at radius 3 is 2.76 bits per heavy atom. The van der Waals surface area contributed by atoms with Gasteiger partial charge in [-0.05, 0) is 49.8 Å². The summed E-state index contributed by atoms with van der Waals surface area (Å²) >= 11 is 0. The van der Waals surface area contributed by atoms with Crippen LogP contribution in [0.15, 0.2) is 12.1 Å². The fourth-order valence-corrected chi connectivity index (χ4v) is 2.36. The lowest BCUT2D eigenvalue weighted by Gasteiger charge is -2.22. The molecule has 92 valence electrons. The summed E-state index contributed by atoms with van der Waals surface area (Å²) in [6, 6.07) is 4.17. The Bertz CT molecular complexity index is 438. The van der Waals surface area contributed by atoms with Crippen LogP contribution in [0.3, 0.4) is 0 Å². The van der Waals surface area contributed by atoms with Crippen LogP contribution < -0.4 is 15.2 Å². The number of hydrogen-bond donors (Lipinski definition) is 1. The molecule has 2 aliphatic rings. The molecule has 1 heterocycles. The molecule has 3 rings (SSSR count). The van der Waals surface area contributed by atoms with Crippen molar-refractivity contribution in [3.63, 3.8) is 0 Å². The fourth-order valence-electron chi connectivity index (χ4n) is 2.36. The van der Waals surface area contributed by atoms with Crippen molar-refractivity contribution in [2.45, 2.75) is 38.1 Å². The third-order valence-electron chi connectivity index (χ3n) is 3.85. The predicted octanol–water partition coefficient (Wildman–Crippen LogP) is 2.19. The third kappa shape index (κ3) is 2.12. The van der Waals surface area contributed by atoms with Gasteiger partial charge >= 0.3 is 0 Å². The lowest BCUT2D eigenvalue weighted by atomic mass is 9.99. The molecule has 0 spiro atoms. The van der Waals surface area contributed by atoms with Gasteiger partial charge in [-0.2, -0.15) is 0 Å². The lowest BCUT2D eigenvalue weighted by molar-refractivity contribution is 0.170. The zero-order valence-electron chi connectivity index (χ0n) is 10.3. The molecule has 0 amide bonds. The molecule has 0 aromatic heterocycles. The number of ether oxygens (including phenoxy) is 2. The maximum Gasteiger partial charge on any atom is 0.164 e. The van der Waals surface area contributed by atoms with Crippen LogP contribution in [0.1, 0.15) is 30.4 Å². The van der Waals surface area contributed by atoms with E-state index in [9.17, 15) is 0 Å². The van der Waals surface area contributed by atoms with Crippen LogP contribution in [0.25, 0.3) is 0 Å². The highest BCUT2D eigenvalue weighted by atomic mass is 16.6. The van der Waals surface area contributed by atoms with Crippen molar-refractivity contribution >= 4 is 0 Å². The van der Waals surface area contributed by atoms with Crippen LogP contribution in [-0.2, 0) is 6.42 Å². The van der Waals surface area contributed by atoms with Gasteiger partial charge in [0.1, 0.15) is 13.2 Å². The largest absolute Gasteiger partial charge is 0.486 e. The molecule has 0 saturated heterocycles. The zero-order valence-corrected chi connectivity index (χ0v) is 10.3. The number of nitrogens with two attached hydrogens (primary N) is 1. The first-order valence-electron chi connectivity index (χ1n) is 6.35. The third-order valence-corrected chi connectivity index (χ3v) is 3.85. The van der Waals surface area contributed by atoms with Crippen molar-refractivity contribution in [3.05, 3.63) is 23.3 Å². The van der Waals surface area contributed by atoms with Gasteiger partial charge in [-0.1, -0.05) is 6.07 Å². The highest BCUT2D eigenvalue weighted by molar-refractivity contribution is 5.50. The van der Waals surface area contributed by atoms with E-state index < -0.39 is 0 Å². The molecule has 1 aliphatic carbocycles. The summed E-state index contributed by atoms with van der Waals surface area (Å²) in [7, 11) is 0. The molecular weight excluding hydrogens is 214 g/mol. The van der Waals surface area contributed by atoms with Crippen molar-refractivity contribution in [3.8, 4) is 11.5 Å². The minimum Gasteiger partial charge on any atom is -0.486 e. The maximum atomic E-state index is 6.13. The monoisotopic (exact) mass is 233 g/mol. The van der Waals surface area contributed by atoms with E-state index >= 15 is 0 Å². The topological polar surface area (TPSA) is 44.5 Å². The van der Waals surface area contributed by atoms with Gasteiger partial charge in [-0.15, -0.1) is 0 Å². The second-order valence-electron chi connectivity index (χ2n) is 5.24. The number of aryl methyl sites for hydroxylation is 1. The van der Waals surface area contributed by atoms with E-state index in [0.29, 0.717) is 13.2 Å². The maximum absolute atomic E-state index is 6.13. The van der Waals surface area contributed by atoms with E-state index in [4.69, 9.17) is 15.2 Å². The average Bonchev–Trinajstić information content (AvgIpc) is 3.07. The van der Waals surface area contributed by atoms with Crippen LogP contribution in [-0.4, -0.2) is 18.8 Å². The van der Waals surface area contributed by atoms with Gasteiger partial charge in [0.05, 0.1) is 0 Å². The lowest BCUT2D eigenvalue weighted by Crippen LogP contribution is -2.22. The standard InChI is InChI=1S/C14H19NO2/c1-10-11(4-5-14(15)6-7-14)2-3-12-13(10)17-9-8-16-12/h2-3H,4-9,15H2,1H3. The Labute approximate surface area is 102 Å². The SMILES string of the molecule is Cc1c(CCC2(N)CC2)ccc2c1OCCO2. The van der Waals surface area contributed by atoms with Crippen LogP contribution in [0.2, 0.25) is 0 Å². The Balaban J connectivity index is 1.80. The molecule has 1 aliphatic heterocycles. The number of benzene rings is 1. The highest BCUT2D eigenvalue weighted by Gasteiger charge is 2.37. The summed E-state index contributed by atoms with van der Waals surface area (Å²) in [5.41, 5.74) is 8.80. The summed E-state index contributed by atoms with van der Waals surface area (Å²) in [6.07, 6.45) is 4.47. The predicted molar refractivity (Wildman–Crippen MR) is 66.6 cm³/mol.